The molecule has 0 spiro atoms. The number of methoxy groups -OCH3 is 1. The summed E-state index contributed by atoms with van der Waals surface area (Å²) in [6.07, 6.45) is 2.00. The van der Waals surface area contributed by atoms with Crippen LogP contribution < -0.4 is 15.6 Å². The predicted molar refractivity (Wildman–Crippen MR) is 118 cm³/mol. The van der Waals surface area contributed by atoms with Gasteiger partial charge in [-0.15, -0.1) is 0 Å². The molecule has 6 nitrogen and oxygen atoms in total. The molecule has 1 amide bonds. The molecule has 0 saturated carbocycles. The van der Waals surface area contributed by atoms with E-state index in [1.807, 2.05) is 18.2 Å². The molecule has 30 heavy (non-hydrogen) atoms. The molecule has 0 aliphatic carbocycles. The minimum absolute atomic E-state index is 0.0428. The van der Waals surface area contributed by atoms with E-state index in [1.165, 1.54) is 0 Å². The standard InChI is InChI=1S/C22H20BrClN2O4/c1-28-20-7-5-15(11-18(20)24)26-22-17(21(27)25-12-16-3-2-8-29-16)10-13-9-14(23)4-6-19(13)30-22/h4-7,9-11,16H,2-3,8,12H2,1H3,(H,25,27)/t16-/m0/s1. The first-order valence-electron chi connectivity index (χ1n) is 9.55. The number of amides is 1. The number of hydrogen-bond acceptors (Lipinski definition) is 5. The van der Waals surface area contributed by atoms with Crippen molar-refractivity contribution in [1.82, 2.24) is 5.32 Å². The second kappa shape index (κ2) is 9.20. The van der Waals surface area contributed by atoms with Gasteiger partial charge >= 0.3 is 0 Å². The molecule has 1 aromatic heterocycles. The topological polar surface area (TPSA) is 73.1 Å². The monoisotopic (exact) mass is 490 g/mol. The van der Waals surface area contributed by atoms with Crippen LogP contribution in [0.2, 0.25) is 5.02 Å². The largest absolute Gasteiger partial charge is 0.495 e. The normalized spacial score (nSPS) is 16.8. The molecule has 4 rings (SSSR count). The summed E-state index contributed by atoms with van der Waals surface area (Å²) in [5.41, 5.74) is 1.71. The first-order valence-corrected chi connectivity index (χ1v) is 10.7. The summed E-state index contributed by atoms with van der Waals surface area (Å²) in [5, 5.41) is 4.15. The van der Waals surface area contributed by atoms with Gasteiger partial charge in [0.15, 0.2) is 0 Å². The zero-order valence-corrected chi connectivity index (χ0v) is 18.6. The van der Waals surface area contributed by atoms with Crippen LogP contribution in [-0.2, 0) is 4.74 Å². The lowest BCUT2D eigenvalue weighted by Crippen LogP contribution is -2.34. The molecule has 2 heterocycles. The van der Waals surface area contributed by atoms with Gasteiger partial charge in [0.1, 0.15) is 16.9 Å². The first kappa shape index (κ1) is 20.9. The van der Waals surface area contributed by atoms with Gasteiger partial charge < -0.3 is 19.2 Å². The summed E-state index contributed by atoms with van der Waals surface area (Å²) < 4.78 is 17.7. The van der Waals surface area contributed by atoms with Gasteiger partial charge in [0, 0.05) is 23.0 Å². The number of rotatable bonds is 5. The van der Waals surface area contributed by atoms with E-state index in [2.05, 4.69) is 26.2 Å². The number of nitrogens with zero attached hydrogens (tertiary/aromatic N) is 1. The van der Waals surface area contributed by atoms with Crippen LogP contribution in [0.5, 0.6) is 5.75 Å². The molecule has 1 atom stereocenters. The first-order chi connectivity index (χ1) is 14.5. The van der Waals surface area contributed by atoms with E-state index in [-0.39, 0.29) is 17.6 Å². The van der Waals surface area contributed by atoms with E-state index in [0.717, 1.165) is 29.3 Å². The molecule has 2 aromatic carbocycles. The maximum Gasteiger partial charge on any atom is 0.256 e. The lowest BCUT2D eigenvalue weighted by Gasteiger charge is -2.11. The van der Waals surface area contributed by atoms with E-state index < -0.39 is 0 Å². The summed E-state index contributed by atoms with van der Waals surface area (Å²) in [4.78, 5) is 17.5. The van der Waals surface area contributed by atoms with E-state index in [9.17, 15) is 4.79 Å². The molecular formula is C22H20BrClN2O4. The Balaban J connectivity index is 1.75. The molecule has 1 saturated heterocycles. The zero-order chi connectivity index (χ0) is 21.1. The second-order valence-corrected chi connectivity index (χ2v) is 8.25. The lowest BCUT2D eigenvalue weighted by molar-refractivity contribution is 0.0854. The van der Waals surface area contributed by atoms with Crippen LogP contribution in [0.15, 0.2) is 56.3 Å². The van der Waals surface area contributed by atoms with Gasteiger partial charge in [-0.05, 0) is 55.3 Å². The number of ether oxygens (including phenoxy) is 2. The van der Waals surface area contributed by atoms with Gasteiger partial charge in [0.05, 0.1) is 23.9 Å². The molecule has 1 aliphatic rings. The highest BCUT2D eigenvalue weighted by molar-refractivity contribution is 9.10. The molecule has 1 N–H and O–H groups in total. The minimum Gasteiger partial charge on any atom is -0.495 e. The molecule has 0 bridgehead atoms. The summed E-state index contributed by atoms with van der Waals surface area (Å²) in [6.45, 7) is 1.18. The summed E-state index contributed by atoms with van der Waals surface area (Å²) in [7, 11) is 1.55. The van der Waals surface area contributed by atoms with Gasteiger partial charge in [-0.3, -0.25) is 4.79 Å². The number of hydrogen-bond donors (Lipinski definition) is 1. The average Bonchev–Trinajstić information content (AvgIpc) is 3.25. The van der Waals surface area contributed by atoms with Crippen LogP contribution in [0.1, 0.15) is 23.2 Å². The number of benzene rings is 2. The van der Waals surface area contributed by atoms with Gasteiger partial charge in [-0.1, -0.05) is 27.5 Å². The smallest absolute Gasteiger partial charge is 0.256 e. The Morgan fingerprint density at radius 2 is 2.17 bits per heavy atom. The highest BCUT2D eigenvalue weighted by Gasteiger charge is 2.18. The Morgan fingerprint density at radius 3 is 2.90 bits per heavy atom. The zero-order valence-electron chi connectivity index (χ0n) is 16.3. The van der Waals surface area contributed by atoms with Crippen LogP contribution in [-0.4, -0.2) is 32.3 Å². The number of fused-ring (bicyclic) bond motifs is 1. The third-order valence-electron chi connectivity index (χ3n) is 4.83. The van der Waals surface area contributed by atoms with E-state index >= 15 is 0 Å². The van der Waals surface area contributed by atoms with Gasteiger partial charge in [0.25, 0.3) is 5.91 Å². The van der Waals surface area contributed by atoms with Gasteiger partial charge in [-0.25, -0.2) is 4.99 Å². The lowest BCUT2D eigenvalue weighted by atomic mass is 10.1. The molecule has 1 fully saturated rings. The molecule has 0 radical (unpaired) electrons. The Labute approximate surface area is 187 Å². The van der Waals surface area contributed by atoms with Crippen molar-refractivity contribution in [3.8, 4) is 5.75 Å². The van der Waals surface area contributed by atoms with Crippen molar-refractivity contribution < 1.29 is 18.7 Å². The average molecular weight is 492 g/mol. The molecule has 3 aromatic rings. The Hall–Kier alpha value is -2.35. The van der Waals surface area contributed by atoms with E-state index in [0.29, 0.717) is 34.2 Å². The Bertz CT molecular complexity index is 1160. The number of carbonyl (C=O) groups excluding carboxylic acids is 1. The molecule has 0 unspecified atom stereocenters. The van der Waals surface area contributed by atoms with Crippen molar-refractivity contribution in [3.63, 3.8) is 0 Å². The molecule has 8 heteroatoms. The van der Waals surface area contributed by atoms with Crippen LogP contribution in [0.4, 0.5) is 5.69 Å². The number of halogens is 2. The summed E-state index contributed by atoms with van der Waals surface area (Å²) in [5.74, 6) is 0.278. The van der Waals surface area contributed by atoms with Crippen molar-refractivity contribution in [1.29, 1.82) is 0 Å². The van der Waals surface area contributed by atoms with Gasteiger partial charge in [0.2, 0.25) is 5.55 Å². The summed E-state index contributed by atoms with van der Waals surface area (Å²) >= 11 is 9.67. The van der Waals surface area contributed by atoms with Crippen LogP contribution >= 0.6 is 27.5 Å². The highest BCUT2D eigenvalue weighted by atomic mass is 79.9. The summed E-state index contributed by atoms with van der Waals surface area (Å²) in [6, 6.07) is 12.5. The Kier molecular flexibility index (Phi) is 6.41. The van der Waals surface area contributed by atoms with Crippen molar-refractivity contribution >= 4 is 50.1 Å². The van der Waals surface area contributed by atoms with E-state index in [1.54, 1.807) is 31.4 Å². The molecular weight excluding hydrogens is 472 g/mol. The minimum atomic E-state index is -0.269. The number of carbonyl (C=O) groups is 1. The van der Waals surface area contributed by atoms with Crippen LogP contribution in [0, 0.1) is 0 Å². The van der Waals surface area contributed by atoms with Crippen LogP contribution in [0.25, 0.3) is 11.0 Å². The maximum atomic E-state index is 13.0. The third-order valence-corrected chi connectivity index (χ3v) is 5.62. The fourth-order valence-corrected chi connectivity index (χ4v) is 3.93. The van der Waals surface area contributed by atoms with Crippen molar-refractivity contribution in [2.45, 2.75) is 18.9 Å². The number of nitrogens with one attached hydrogen (secondary N) is 1. The quantitative estimate of drug-likeness (QED) is 0.545. The fraction of sp³-hybridized carbons (Fsp3) is 0.273. The predicted octanol–water partition coefficient (Wildman–Crippen LogP) is 5.00. The van der Waals surface area contributed by atoms with Crippen molar-refractivity contribution in [2.24, 2.45) is 4.99 Å². The fourth-order valence-electron chi connectivity index (χ4n) is 3.30. The van der Waals surface area contributed by atoms with E-state index in [4.69, 9.17) is 25.5 Å². The highest BCUT2D eigenvalue weighted by Crippen LogP contribution is 2.28. The molecule has 156 valence electrons. The third kappa shape index (κ3) is 4.69. The van der Waals surface area contributed by atoms with Crippen LogP contribution in [0.3, 0.4) is 0 Å². The Morgan fingerprint density at radius 1 is 1.30 bits per heavy atom. The second-order valence-electron chi connectivity index (χ2n) is 6.92. The SMILES string of the molecule is COc1ccc(N=c2oc3ccc(Br)cc3cc2C(=O)NC[C@@H]2CCCO2)cc1Cl. The van der Waals surface area contributed by atoms with Crippen molar-refractivity contribution in [3.05, 3.63) is 63.1 Å². The van der Waals surface area contributed by atoms with Crippen molar-refractivity contribution in [2.75, 3.05) is 20.3 Å². The molecule has 1 aliphatic heterocycles. The van der Waals surface area contributed by atoms with Gasteiger partial charge in [-0.2, -0.15) is 0 Å². The maximum absolute atomic E-state index is 13.0.